The quantitative estimate of drug-likeness (QED) is 0.811. The fourth-order valence-corrected chi connectivity index (χ4v) is 3.84. The first-order valence-corrected chi connectivity index (χ1v) is 8.79. The maximum absolute atomic E-state index is 9.37. The van der Waals surface area contributed by atoms with Crippen molar-refractivity contribution >= 4 is 0 Å². The molecule has 20 heavy (non-hydrogen) atoms. The number of hydrogen-bond donors (Lipinski definition) is 1. The van der Waals surface area contributed by atoms with Gasteiger partial charge in [0.15, 0.2) is 0 Å². The van der Waals surface area contributed by atoms with Gasteiger partial charge in [0.1, 0.15) is 0 Å². The first-order valence-electron chi connectivity index (χ1n) is 8.79. The minimum atomic E-state index is 0.335. The summed E-state index contributed by atoms with van der Waals surface area (Å²) in [6, 6.07) is 1.41. The fraction of sp³-hybridized carbons (Fsp3) is 1.00. The minimum Gasteiger partial charge on any atom is -0.396 e. The van der Waals surface area contributed by atoms with Crippen molar-refractivity contribution < 1.29 is 5.11 Å². The van der Waals surface area contributed by atoms with Crippen molar-refractivity contribution in [2.75, 3.05) is 32.8 Å². The van der Waals surface area contributed by atoms with E-state index in [1.807, 2.05) is 0 Å². The Hall–Kier alpha value is -0.120. The molecule has 1 saturated heterocycles. The van der Waals surface area contributed by atoms with Gasteiger partial charge in [-0.1, -0.05) is 33.1 Å². The fourth-order valence-electron chi connectivity index (χ4n) is 3.84. The first kappa shape index (κ1) is 16.3. The van der Waals surface area contributed by atoms with Crippen molar-refractivity contribution in [2.45, 2.75) is 70.9 Å². The van der Waals surface area contributed by atoms with Gasteiger partial charge in [-0.2, -0.15) is 0 Å². The molecule has 1 aliphatic carbocycles. The molecule has 1 atom stereocenters. The van der Waals surface area contributed by atoms with Crippen LogP contribution in [-0.2, 0) is 0 Å². The highest BCUT2D eigenvalue weighted by molar-refractivity contribution is 4.86. The van der Waals surface area contributed by atoms with E-state index in [1.165, 1.54) is 64.7 Å². The standard InChI is InChI=1S/C17H34N2O/c1-15(2)8-10-18-11-12-19(14-17(18)9-13-20)16-6-4-3-5-7-16/h15-17,20H,3-14H2,1-2H3. The van der Waals surface area contributed by atoms with E-state index in [4.69, 9.17) is 0 Å². The molecule has 0 bridgehead atoms. The molecular formula is C17H34N2O. The summed E-state index contributed by atoms with van der Waals surface area (Å²) in [5, 5.41) is 9.37. The molecule has 3 nitrogen and oxygen atoms in total. The molecule has 3 heteroatoms. The van der Waals surface area contributed by atoms with Crippen molar-refractivity contribution in [1.29, 1.82) is 0 Å². The second kappa shape index (κ2) is 8.35. The molecule has 1 saturated carbocycles. The summed E-state index contributed by atoms with van der Waals surface area (Å²) < 4.78 is 0. The predicted molar refractivity (Wildman–Crippen MR) is 85.0 cm³/mol. The summed E-state index contributed by atoms with van der Waals surface area (Å²) in [5.41, 5.74) is 0. The van der Waals surface area contributed by atoms with Gasteiger partial charge in [-0.25, -0.2) is 0 Å². The topological polar surface area (TPSA) is 26.7 Å². The summed E-state index contributed by atoms with van der Waals surface area (Å²) in [4.78, 5) is 5.36. The van der Waals surface area contributed by atoms with Crippen molar-refractivity contribution in [3.05, 3.63) is 0 Å². The summed E-state index contributed by atoms with van der Waals surface area (Å²) in [6.07, 6.45) is 9.30. The van der Waals surface area contributed by atoms with E-state index < -0.39 is 0 Å². The van der Waals surface area contributed by atoms with E-state index in [-0.39, 0.29) is 0 Å². The number of rotatable bonds is 6. The van der Waals surface area contributed by atoms with Crippen LogP contribution in [0.15, 0.2) is 0 Å². The maximum atomic E-state index is 9.37. The lowest BCUT2D eigenvalue weighted by atomic mass is 9.92. The Balaban J connectivity index is 1.85. The molecule has 2 aliphatic rings. The minimum absolute atomic E-state index is 0.335. The zero-order valence-corrected chi connectivity index (χ0v) is 13.6. The monoisotopic (exact) mass is 282 g/mol. The van der Waals surface area contributed by atoms with E-state index in [0.29, 0.717) is 12.6 Å². The number of piperazine rings is 1. The van der Waals surface area contributed by atoms with E-state index in [1.54, 1.807) is 0 Å². The molecular weight excluding hydrogens is 248 g/mol. The van der Waals surface area contributed by atoms with Gasteiger partial charge < -0.3 is 5.11 Å². The molecule has 1 heterocycles. The highest BCUT2D eigenvalue weighted by Gasteiger charge is 2.30. The van der Waals surface area contributed by atoms with Crippen molar-refractivity contribution in [2.24, 2.45) is 5.92 Å². The van der Waals surface area contributed by atoms with Crippen LogP contribution in [0.1, 0.15) is 58.8 Å². The van der Waals surface area contributed by atoms with Gasteiger partial charge in [-0.3, -0.25) is 9.80 Å². The molecule has 2 fully saturated rings. The lowest BCUT2D eigenvalue weighted by Crippen LogP contribution is -2.56. The molecule has 1 unspecified atom stereocenters. The Labute approximate surface area is 125 Å². The summed E-state index contributed by atoms with van der Waals surface area (Å²) in [7, 11) is 0. The van der Waals surface area contributed by atoms with Gasteiger partial charge in [-0.05, 0) is 38.1 Å². The van der Waals surface area contributed by atoms with Crippen molar-refractivity contribution in [3.8, 4) is 0 Å². The average Bonchev–Trinajstić information content (AvgIpc) is 2.47. The van der Waals surface area contributed by atoms with Gasteiger partial charge in [0.05, 0.1) is 0 Å². The molecule has 2 rings (SSSR count). The predicted octanol–water partition coefficient (Wildman–Crippen LogP) is 2.73. The van der Waals surface area contributed by atoms with Crippen molar-refractivity contribution in [3.63, 3.8) is 0 Å². The van der Waals surface area contributed by atoms with Gasteiger partial charge >= 0.3 is 0 Å². The van der Waals surface area contributed by atoms with Crippen LogP contribution in [0.3, 0.4) is 0 Å². The molecule has 0 radical (unpaired) electrons. The van der Waals surface area contributed by atoms with Crippen molar-refractivity contribution in [1.82, 2.24) is 9.80 Å². The second-order valence-corrected chi connectivity index (χ2v) is 7.17. The Morgan fingerprint density at radius 3 is 2.50 bits per heavy atom. The summed E-state index contributed by atoms with van der Waals surface area (Å²) >= 11 is 0. The smallest absolute Gasteiger partial charge is 0.0446 e. The third-order valence-corrected chi connectivity index (χ3v) is 5.18. The Morgan fingerprint density at radius 2 is 1.85 bits per heavy atom. The molecule has 0 spiro atoms. The number of aliphatic hydroxyl groups excluding tert-OH is 1. The van der Waals surface area contributed by atoms with Crippen LogP contribution < -0.4 is 0 Å². The Kier molecular flexibility index (Phi) is 6.79. The summed E-state index contributed by atoms with van der Waals surface area (Å²) in [5.74, 6) is 0.779. The van der Waals surface area contributed by atoms with Crippen LogP contribution in [-0.4, -0.2) is 59.8 Å². The maximum Gasteiger partial charge on any atom is 0.0446 e. The van der Waals surface area contributed by atoms with Crippen LogP contribution in [0.2, 0.25) is 0 Å². The number of aliphatic hydroxyl groups is 1. The van der Waals surface area contributed by atoms with Gasteiger partial charge in [0.25, 0.3) is 0 Å². The lowest BCUT2D eigenvalue weighted by molar-refractivity contribution is 0.0244. The molecule has 118 valence electrons. The van der Waals surface area contributed by atoms with E-state index in [2.05, 4.69) is 23.6 Å². The lowest BCUT2D eigenvalue weighted by Gasteiger charge is -2.45. The van der Waals surface area contributed by atoms with Crippen LogP contribution in [0.25, 0.3) is 0 Å². The highest BCUT2D eigenvalue weighted by atomic mass is 16.3. The largest absolute Gasteiger partial charge is 0.396 e. The number of nitrogens with zero attached hydrogens (tertiary/aromatic N) is 2. The number of hydrogen-bond acceptors (Lipinski definition) is 3. The van der Waals surface area contributed by atoms with Gasteiger partial charge in [0.2, 0.25) is 0 Å². The zero-order chi connectivity index (χ0) is 14.4. The first-order chi connectivity index (χ1) is 9.70. The normalized spacial score (nSPS) is 27.3. The van der Waals surface area contributed by atoms with E-state index >= 15 is 0 Å². The van der Waals surface area contributed by atoms with Gasteiger partial charge in [-0.15, -0.1) is 0 Å². The zero-order valence-electron chi connectivity index (χ0n) is 13.6. The van der Waals surface area contributed by atoms with Crippen LogP contribution in [0.5, 0.6) is 0 Å². The van der Waals surface area contributed by atoms with Gasteiger partial charge in [0, 0.05) is 38.3 Å². The Bertz CT molecular complexity index is 264. The molecule has 0 amide bonds. The molecule has 0 aromatic carbocycles. The third-order valence-electron chi connectivity index (χ3n) is 5.18. The van der Waals surface area contributed by atoms with Crippen LogP contribution in [0, 0.1) is 5.92 Å². The van der Waals surface area contributed by atoms with Crippen LogP contribution >= 0.6 is 0 Å². The highest BCUT2D eigenvalue weighted by Crippen LogP contribution is 2.25. The SMILES string of the molecule is CC(C)CCN1CCN(C2CCCCC2)CC1CCO. The summed E-state index contributed by atoms with van der Waals surface area (Å²) in [6.45, 7) is 9.78. The second-order valence-electron chi connectivity index (χ2n) is 7.17. The molecule has 1 N–H and O–H groups in total. The van der Waals surface area contributed by atoms with Crippen LogP contribution in [0.4, 0.5) is 0 Å². The molecule has 0 aromatic rings. The van der Waals surface area contributed by atoms with E-state index in [0.717, 1.165) is 18.4 Å². The molecule has 0 aromatic heterocycles. The Morgan fingerprint density at radius 1 is 1.10 bits per heavy atom. The van der Waals surface area contributed by atoms with E-state index in [9.17, 15) is 5.11 Å². The average molecular weight is 282 g/mol. The third kappa shape index (κ3) is 4.71. The molecule has 1 aliphatic heterocycles.